The molecule has 0 aliphatic carbocycles. The van der Waals surface area contributed by atoms with Crippen LogP contribution in [0.3, 0.4) is 0 Å². The largest absolute Gasteiger partial charge is 0.467 e. The molecule has 2 aromatic carbocycles. The number of esters is 2. The lowest BCUT2D eigenvalue weighted by molar-refractivity contribution is -0.152. The van der Waals surface area contributed by atoms with Gasteiger partial charge in [0.05, 0.1) is 26.2 Å². The lowest BCUT2D eigenvalue weighted by Gasteiger charge is -2.26. The van der Waals surface area contributed by atoms with Crippen molar-refractivity contribution in [2.45, 2.75) is 58.0 Å². The molecule has 1 saturated heterocycles. The van der Waals surface area contributed by atoms with Gasteiger partial charge in [0.2, 0.25) is 5.91 Å². The van der Waals surface area contributed by atoms with Crippen molar-refractivity contribution in [3.8, 4) is 0 Å². The second-order valence-corrected chi connectivity index (χ2v) is 9.64. The molecule has 0 saturated carbocycles. The quantitative estimate of drug-likeness (QED) is 0.414. The summed E-state index contributed by atoms with van der Waals surface area (Å²) in [7, 11) is 1.29. The van der Waals surface area contributed by atoms with E-state index in [0.717, 1.165) is 5.56 Å². The van der Waals surface area contributed by atoms with Crippen molar-refractivity contribution >= 4 is 29.5 Å². The fourth-order valence-electron chi connectivity index (χ4n) is 4.82. The Labute approximate surface area is 228 Å². The lowest BCUT2D eigenvalue weighted by atomic mass is 9.94. The Morgan fingerprint density at radius 3 is 2.41 bits per heavy atom. The number of hydrogen-bond donors (Lipinski definition) is 1. The molecule has 2 unspecified atom stereocenters. The Morgan fingerprint density at radius 1 is 1.03 bits per heavy atom. The highest BCUT2D eigenvalue weighted by Gasteiger charge is 2.37. The Balaban J connectivity index is 1.77. The number of ether oxygens (including phenoxy) is 2. The van der Waals surface area contributed by atoms with Crippen LogP contribution in [0.4, 0.5) is 0 Å². The van der Waals surface area contributed by atoms with Gasteiger partial charge in [0.1, 0.15) is 6.04 Å². The highest BCUT2D eigenvalue weighted by atomic mass is 16.5. The van der Waals surface area contributed by atoms with Crippen molar-refractivity contribution in [3.63, 3.8) is 0 Å². The highest BCUT2D eigenvalue weighted by molar-refractivity contribution is 6.00. The summed E-state index contributed by atoms with van der Waals surface area (Å²) >= 11 is 0. The third kappa shape index (κ3) is 7.99. The van der Waals surface area contributed by atoms with Gasteiger partial charge < -0.3 is 19.7 Å². The molecule has 1 N–H and O–H groups in total. The van der Waals surface area contributed by atoms with E-state index in [4.69, 9.17) is 9.47 Å². The van der Waals surface area contributed by atoms with Crippen molar-refractivity contribution in [2.24, 2.45) is 5.92 Å². The number of Topliss-reactive ketones (excluding diaryl/α,β-unsaturated/α-hetero) is 1. The van der Waals surface area contributed by atoms with Crippen molar-refractivity contribution in [2.75, 3.05) is 20.3 Å². The maximum absolute atomic E-state index is 13.5. The zero-order valence-corrected chi connectivity index (χ0v) is 22.7. The Morgan fingerprint density at radius 2 is 1.72 bits per heavy atom. The van der Waals surface area contributed by atoms with Crippen LogP contribution >= 0.6 is 0 Å². The van der Waals surface area contributed by atoms with Crippen LogP contribution in [0.5, 0.6) is 0 Å². The number of benzene rings is 2. The minimum absolute atomic E-state index is 0.0720. The summed E-state index contributed by atoms with van der Waals surface area (Å²) in [6.07, 6.45) is 1.27. The molecule has 0 spiro atoms. The molecule has 1 aliphatic rings. The molecule has 1 heterocycles. The van der Waals surface area contributed by atoms with Gasteiger partial charge in [-0.25, -0.2) is 4.79 Å². The molecular formula is C30H36N2O7. The van der Waals surface area contributed by atoms with E-state index in [1.165, 1.54) is 12.0 Å². The highest BCUT2D eigenvalue weighted by Crippen LogP contribution is 2.23. The van der Waals surface area contributed by atoms with Gasteiger partial charge in [0, 0.05) is 24.4 Å². The molecule has 0 aromatic heterocycles. The lowest BCUT2D eigenvalue weighted by Crippen LogP contribution is -2.46. The summed E-state index contributed by atoms with van der Waals surface area (Å²) in [5, 5.41) is 2.84. The van der Waals surface area contributed by atoms with E-state index in [1.807, 2.05) is 30.3 Å². The van der Waals surface area contributed by atoms with Gasteiger partial charge in [-0.3, -0.25) is 19.2 Å². The average molecular weight is 537 g/mol. The predicted octanol–water partition coefficient (Wildman–Crippen LogP) is 2.89. The van der Waals surface area contributed by atoms with E-state index < -0.39 is 35.8 Å². The zero-order valence-electron chi connectivity index (χ0n) is 22.7. The number of methoxy groups -OCH3 is 1. The van der Waals surface area contributed by atoms with Crippen molar-refractivity contribution in [3.05, 3.63) is 71.3 Å². The number of nitrogens with one attached hydrogen (secondary N) is 1. The smallest absolute Gasteiger partial charge is 0.328 e. The van der Waals surface area contributed by atoms with E-state index in [0.29, 0.717) is 24.9 Å². The van der Waals surface area contributed by atoms with Crippen LogP contribution in [0.1, 0.15) is 54.6 Å². The Kier molecular flexibility index (Phi) is 10.8. The number of hydrogen-bond acceptors (Lipinski definition) is 7. The maximum Gasteiger partial charge on any atom is 0.328 e. The van der Waals surface area contributed by atoms with Gasteiger partial charge in [0.15, 0.2) is 5.78 Å². The first-order valence-corrected chi connectivity index (χ1v) is 13.2. The van der Waals surface area contributed by atoms with Crippen molar-refractivity contribution in [1.82, 2.24) is 10.2 Å². The van der Waals surface area contributed by atoms with Crippen LogP contribution in [0.25, 0.3) is 0 Å². The number of nitrogens with zero attached hydrogens (tertiary/aromatic N) is 1. The first-order valence-electron chi connectivity index (χ1n) is 13.2. The van der Waals surface area contributed by atoms with Crippen LogP contribution in [0.2, 0.25) is 0 Å². The topological polar surface area (TPSA) is 119 Å². The monoisotopic (exact) mass is 536 g/mol. The molecule has 0 radical (unpaired) electrons. The van der Waals surface area contributed by atoms with Gasteiger partial charge in [-0.15, -0.1) is 0 Å². The van der Waals surface area contributed by atoms with Gasteiger partial charge in [-0.1, -0.05) is 55.5 Å². The van der Waals surface area contributed by atoms with Gasteiger partial charge in [-0.05, 0) is 43.4 Å². The van der Waals surface area contributed by atoms with Crippen molar-refractivity contribution in [1.29, 1.82) is 0 Å². The normalized spacial score (nSPS) is 16.2. The molecule has 1 aliphatic heterocycles. The van der Waals surface area contributed by atoms with Crippen LogP contribution in [-0.2, 0) is 41.5 Å². The first kappa shape index (κ1) is 29.5. The number of ketones is 1. The fourth-order valence-corrected chi connectivity index (χ4v) is 4.82. The summed E-state index contributed by atoms with van der Waals surface area (Å²) < 4.78 is 9.86. The summed E-state index contributed by atoms with van der Waals surface area (Å²) in [4.78, 5) is 65.7. The van der Waals surface area contributed by atoms with E-state index in [-0.39, 0.29) is 43.1 Å². The van der Waals surface area contributed by atoms with Gasteiger partial charge in [-0.2, -0.15) is 0 Å². The predicted molar refractivity (Wildman–Crippen MR) is 144 cm³/mol. The van der Waals surface area contributed by atoms with E-state index in [1.54, 1.807) is 38.1 Å². The van der Waals surface area contributed by atoms with Gasteiger partial charge >= 0.3 is 11.9 Å². The molecule has 0 bridgehead atoms. The van der Waals surface area contributed by atoms with E-state index >= 15 is 0 Å². The molecule has 1 fully saturated rings. The molecule has 2 aromatic rings. The second kappa shape index (κ2) is 14.2. The third-order valence-corrected chi connectivity index (χ3v) is 6.82. The van der Waals surface area contributed by atoms with Crippen LogP contribution in [0, 0.1) is 5.92 Å². The summed E-state index contributed by atoms with van der Waals surface area (Å²) in [5.41, 5.74) is 1.62. The molecule has 208 valence electrons. The van der Waals surface area contributed by atoms with Crippen LogP contribution in [0.15, 0.2) is 54.6 Å². The zero-order chi connectivity index (χ0) is 28.4. The molecule has 2 amide bonds. The molecular weight excluding hydrogens is 500 g/mol. The maximum atomic E-state index is 13.5. The van der Waals surface area contributed by atoms with Crippen LogP contribution < -0.4 is 5.32 Å². The molecule has 9 heteroatoms. The third-order valence-electron chi connectivity index (χ3n) is 6.82. The van der Waals surface area contributed by atoms with Crippen LogP contribution in [-0.4, -0.2) is 66.8 Å². The molecule has 3 rings (SSSR count). The van der Waals surface area contributed by atoms with Crippen molar-refractivity contribution < 1.29 is 33.4 Å². The van der Waals surface area contributed by atoms with E-state index in [9.17, 15) is 24.0 Å². The van der Waals surface area contributed by atoms with E-state index in [2.05, 4.69) is 5.32 Å². The second-order valence-electron chi connectivity index (χ2n) is 9.64. The molecule has 39 heavy (non-hydrogen) atoms. The number of carbonyl (C=O) groups excluding carboxylic acids is 5. The summed E-state index contributed by atoms with van der Waals surface area (Å²) in [6.45, 7) is 4.03. The minimum atomic E-state index is -0.902. The minimum Gasteiger partial charge on any atom is -0.467 e. The summed E-state index contributed by atoms with van der Waals surface area (Å²) in [5.74, 6) is -2.68. The number of amides is 2. The molecule has 3 atom stereocenters. The number of likely N-dealkylation sites (tertiary alicyclic amines) is 1. The summed E-state index contributed by atoms with van der Waals surface area (Å²) in [6, 6.07) is 14.4. The number of carbonyl (C=O) groups is 5. The first-order chi connectivity index (χ1) is 18.7. The Hall–Kier alpha value is -4.01. The standard InChI is InChI=1S/C30H36N2O7/c1-4-39-27(34)19-22-13-8-9-14-23(22)28(35)31-24(18-21-11-6-5-7-12-21)26(33)17-20(2)29(36)32-16-10-15-25(32)30(37)38-3/h5-9,11-14,20,24-25H,4,10,15-19H2,1-3H3,(H,31,35)/t20?,24?,25-/m0/s1. The Bertz CT molecular complexity index is 1180. The average Bonchev–Trinajstić information content (AvgIpc) is 3.42. The molecule has 9 nitrogen and oxygen atoms in total. The van der Waals surface area contributed by atoms with Gasteiger partial charge in [0.25, 0.3) is 5.91 Å². The fraction of sp³-hybridized carbons (Fsp3) is 0.433. The SMILES string of the molecule is CCOC(=O)Cc1ccccc1C(=O)NC(Cc1ccccc1)C(=O)CC(C)C(=O)N1CCC[C@H]1C(=O)OC. The number of rotatable bonds is 12.